The molecule has 1 aromatic carbocycles. The van der Waals surface area contributed by atoms with Gasteiger partial charge in [0.15, 0.2) is 0 Å². The lowest BCUT2D eigenvalue weighted by molar-refractivity contribution is 0.201. The first-order valence-corrected chi connectivity index (χ1v) is 4.84. The van der Waals surface area contributed by atoms with Crippen molar-refractivity contribution in [2.75, 3.05) is 0 Å². The van der Waals surface area contributed by atoms with Crippen LogP contribution in [0.15, 0.2) is 24.4 Å². The smallest absolute Gasteiger partial charge is 0.0768 e. The van der Waals surface area contributed by atoms with Crippen molar-refractivity contribution in [1.29, 1.82) is 0 Å². The average molecular weight is 189 g/mol. The van der Waals surface area contributed by atoms with E-state index in [9.17, 15) is 5.11 Å². The van der Waals surface area contributed by atoms with E-state index in [0.717, 1.165) is 5.56 Å². The number of aliphatic hydroxyl groups is 1. The van der Waals surface area contributed by atoms with E-state index in [1.165, 1.54) is 16.5 Å². The topological polar surface area (TPSA) is 25.2 Å². The van der Waals surface area contributed by atoms with Crippen molar-refractivity contribution in [1.82, 2.24) is 4.57 Å². The molecule has 0 spiro atoms. The fourth-order valence-corrected chi connectivity index (χ4v) is 2.05. The van der Waals surface area contributed by atoms with Crippen LogP contribution in [-0.4, -0.2) is 9.67 Å². The quantitative estimate of drug-likeness (QED) is 0.732. The molecule has 0 fully saturated rings. The highest BCUT2D eigenvalue weighted by Crippen LogP contribution is 2.27. The monoisotopic (exact) mass is 189 g/mol. The van der Waals surface area contributed by atoms with Gasteiger partial charge in [-0.15, -0.1) is 0 Å². The zero-order valence-electron chi connectivity index (χ0n) is 8.78. The molecule has 1 heterocycles. The Labute approximate surface area is 83.8 Å². The molecule has 74 valence electrons. The lowest BCUT2D eigenvalue weighted by atomic mass is 10.0. The summed E-state index contributed by atoms with van der Waals surface area (Å²) >= 11 is 0. The van der Waals surface area contributed by atoms with E-state index >= 15 is 0 Å². The predicted octanol–water partition coefficient (Wildman–Crippen LogP) is 2.54. The first-order valence-electron chi connectivity index (χ1n) is 4.84. The SMILES string of the molecule is Cc1cn(C)c2cccc(C(C)O)c12. The minimum Gasteiger partial charge on any atom is -0.389 e. The second-order valence-corrected chi connectivity index (χ2v) is 3.84. The highest BCUT2D eigenvalue weighted by Gasteiger charge is 2.10. The Kier molecular flexibility index (Phi) is 2.08. The van der Waals surface area contributed by atoms with Gasteiger partial charge in [0.2, 0.25) is 0 Å². The van der Waals surface area contributed by atoms with Crippen LogP contribution >= 0.6 is 0 Å². The van der Waals surface area contributed by atoms with E-state index in [2.05, 4.69) is 23.8 Å². The summed E-state index contributed by atoms with van der Waals surface area (Å²) in [5.74, 6) is 0. The fourth-order valence-electron chi connectivity index (χ4n) is 2.05. The van der Waals surface area contributed by atoms with Gasteiger partial charge in [0.25, 0.3) is 0 Å². The number of fused-ring (bicyclic) bond motifs is 1. The van der Waals surface area contributed by atoms with Crippen LogP contribution in [0.4, 0.5) is 0 Å². The highest BCUT2D eigenvalue weighted by atomic mass is 16.3. The fraction of sp³-hybridized carbons (Fsp3) is 0.333. The molecule has 0 radical (unpaired) electrons. The Morgan fingerprint density at radius 2 is 2.07 bits per heavy atom. The van der Waals surface area contributed by atoms with Crippen LogP contribution in [0.3, 0.4) is 0 Å². The second kappa shape index (κ2) is 3.14. The molecule has 1 unspecified atom stereocenters. The number of nitrogens with zero attached hydrogens (tertiary/aromatic N) is 1. The standard InChI is InChI=1S/C12H15NO/c1-8-7-13(3)11-6-4-5-10(9(2)14)12(8)11/h4-7,9,14H,1-3H3. The van der Waals surface area contributed by atoms with E-state index in [0.29, 0.717) is 0 Å². The summed E-state index contributed by atoms with van der Waals surface area (Å²) in [5, 5.41) is 10.8. The van der Waals surface area contributed by atoms with Gasteiger partial charge in [-0.25, -0.2) is 0 Å². The lowest BCUT2D eigenvalue weighted by Crippen LogP contribution is -1.92. The van der Waals surface area contributed by atoms with E-state index in [-0.39, 0.29) is 0 Å². The molecule has 1 aromatic heterocycles. The Balaban J connectivity index is 2.85. The summed E-state index contributed by atoms with van der Waals surface area (Å²) < 4.78 is 2.09. The molecular weight excluding hydrogens is 174 g/mol. The molecular formula is C12H15NO. The van der Waals surface area contributed by atoms with Crippen molar-refractivity contribution in [3.63, 3.8) is 0 Å². The van der Waals surface area contributed by atoms with Gasteiger partial charge in [-0.05, 0) is 31.0 Å². The summed E-state index contributed by atoms with van der Waals surface area (Å²) in [6.45, 7) is 3.88. The van der Waals surface area contributed by atoms with Crippen LogP contribution in [0.25, 0.3) is 10.9 Å². The van der Waals surface area contributed by atoms with Crippen LogP contribution in [0.1, 0.15) is 24.2 Å². The minimum absolute atomic E-state index is 0.403. The minimum atomic E-state index is -0.403. The summed E-state index contributed by atoms with van der Waals surface area (Å²) in [7, 11) is 2.03. The first kappa shape index (κ1) is 9.28. The summed E-state index contributed by atoms with van der Waals surface area (Å²) in [6, 6.07) is 6.05. The Morgan fingerprint density at radius 3 is 2.71 bits per heavy atom. The van der Waals surface area contributed by atoms with Gasteiger partial charge in [0.05, 0.1) is 6.10 Å². The number of rotatable bonds is 1. The maximum atomic E-state index is 9.65. The molecule has 1 N–H and O–H groups in total. The third-order valence-electron chi connectivity index (χ3n) is 2.69. The molecule has 2 rings (SSSR count). The van der Waals surface area contributed by atoms with Gasteiger partial charge >= 0.3 is 0 Å². The van der Waals surface area contributed by atoms with E-state index in [1.54, 1.807) is 6.92 Å². The number of aryl methyl sites for hydroxylation is 2. The zero-order chi connectivity index (χ0) is 10.3. The largest absolute Gasteiger partial charge is 0.389 e. The van der Waals surface area contributed by atoms with Gasteiger partial charge in [0, 0.05) is 24.1 Å². The van der Waals surface area contributed by atoms with E-state index in [1.807, 2.05) is 19.2 Å². The molecule has 0 bridgehead atoms. The molecule has 0 amide bonds. The van der Waals surface area contributed by atoms with Crippen LogP contribution in [-0.2, 0) is 7.05 Å². The van der Waals surface area contributed by atoms with Crippen molar-refractivity contribution in [2.24, 2.45) is 7.05 Å². The molecule has 0 saturated heterocycles. The predicted molar refractivity (Wildman–Crippen MR) is 58.3 cm³/mol. The molecule has 2 nitrogen and oxygen atoms in total. The second-order valence-electron chi connectivity index (χ2n) is 3.84. The number of hydrogen-bond acceptors (Lipinski definition) is 1. The van der Waals surface area contributed by atoms with Crippen LogP contribution in [0, 0.1) is 6.92 Å². The van der Waals surface area contributed by atoms with Crippen molar-refractivity contribution in [2.45, 2.75) is 20.0 Å². The summed E-state index contributed by atoms with van der Waals surface area (Å²) in [5.41, 5.74) is 3.42. The van der Waals surface area contributed by atoms with Gasteiger partial charge in [-0.3, -0.25) is 0 Å². The van der Waals surface area contributed by atoms with Crippen molar-refractivity contribution < 1.29 is 5.11 Å². The van der Waals surface area contributed by atoms with Gasteiger partial charge < -0.3 is 9.67 Å². The number of hydrogen-bond donors (Lipinski definition) is 1. The third kappa shape index (κ3) is 1.23. The molecule has 2 aromatic rings. The van der Waals surface area contributed by atoms with Gasteiger partial charge in [-0.2, -0.15) is 0 Å². The maximum absolute atomic E-state index is 9.65. The summed E-state index contributed by atoms with van der Waals surface area (Å²) in [6.07, 6.45) is 1.69. The number of aliphatic hydroxyl groups excluding tert-OH is 1. The first-order chi connectivity index (χ1) is 6.61. The van der Waals surface area contributed by atoms with Crippen LogP contribution in [0.5, 0.6) is 0 Å². The van der Waals surface area contributed by atoms with Gasteiger partial charge in [0.1, 0.15) is 0 Å². The number of benzene rings is 1. The highest BCUT2D eigenvalue weighted by molar-refractivity contribution is 5.87. The van der Waals surface area contributed by atoms with Crippen LogP contribution in [0.2, 0.25) is 0 Å². The Morgan fingerprint density at radius 1 is 1.36 bits per heavy atom. The lowest BCUT2D eigenvalue weighted by Gasteiger charge is -2.07. The zero-order valence-corrected chi connectivity index (χ0v) is 8.78. The van der Waals surface area contributed by atoms with Gasteiger partial charge in [-0.1, -0.05) is 12.1 Å². The summed E-state index contributed by atoms with van der Waals surface area (Å²) in [4.78, 5) is 0. The van der Waals surface area contributed by atoms with E-state index in [4.69, 9.17) is 0 Å². The Bertz CT molecular complexity index is 468. The molecule has 0 aliphatic rings. The van der Waals surface area contributed by atoms with Crippen molar-refractivity contribution >= 4 is 10.9 Å². The normalized spacial score (nSPS) is 13.4. The van der Waals surface area contributed by atoms with Crippen LogP contribution < -0.4 is 0 Å². The Hall–Kier alpha value is -1.28. The van der Waals surface area contributed by atoms with Crippen molar-refractivity contribution in [3.05, 3.63) is 35.5 Å². The molecule has 0 aliphatic carbocycles. The van der Waals surface area contributed by atoms with E-state index < -0.39 is 6.10 Å². The molecule has 14 heavy (non-hydrogen) atoms. The molecule has 1 atom stereocenters. The number of aromatic nitrogens is 1. The maximum Gasteiger partial charge on any atom is 0.0768 e. The average Bonchev–Trinajstić information content (AvgIpc) is 2.43. The molecule has 0 saturated carbocycles. The van der Waals surface area contributed by atoms with Crippen molar-refractivity contribution in [3.8, 4) is 0 Å². The molecule has 2 heteroatoms. The third-order valence-corrected chi connectivity index (χ3v) is 2.69. The molecule has 0 aliphatic heterocycles.